The molecule has 1 saturated heterocycles. The van der Waals surface area contributed by atoms with Gasteiger partial charge in [-0.15, -0.1) is 0 Å². The summed E-state index contributed by atoms with van der Waals surface area (Å²) in [5, 5.41) is 0. The quantitative estimate of drug-likeness (QED) is 0.709. The molecule has 0 saturated carbocycles. The van der Waals surface area contributed by atoms with Gasteiger partial charge in [-0.2, -0.15) is 0 Å². The van der Waals surface area contributed by atoms with Crippen molar-refractivity contribution in [3.05, 3.63) is 94.0 Å². The van der Waals surface area contributed by atoms with Gasteiger partial charge in [-0.05, 0) is 36.2 Å². The Hall–Kier alpha value is -3.74. The first-order valence-electron chi connectivity index (χ1n) is 10.2. The first-order chi connectivity index (χ1) is 15.0. The average Bonchev–Trinajstić information content (AvgIpc) is 3.05. The normalized spacial score (nSPS) is 14.2. The predicted molar refractivity (Wildman–Crippen MR) is 115 cm³/mol. The standard InChI is InChI=1S/C24H22FN3O3/c25-20-10-5-4-9-18(20)23(30)27-13-6-14-28(16-15-27)24(31)19-11-12-21(26-22(19)29)17-7-2-1-3-8-17/h1-5,7-12H,6,13-16H2,(H,26,29). The van der Waals surface area contributed by atoms with E-state index in [-0.39, 0.29) is 30.1 Å². The van der Waals surface area contributed by atoms with Crippen molar-refractivity contribution in [1.29, 1.82) is 0 Å². The summed E-state index contributed by atoms with van der Waals surface area (Å²) < 4.78 is 14.0. The third kappa shape index (κ3) is 4.40. The summed E-state index contributed by atoms with van der Waals surface area (Å²) in [6, 6.07) is 18.5. The van der Waals surface area contributed by atoms with Crippen LogP contribution < -0.4 is 5.56 Å². The van der Waals surface area contributed by atoms with Crippen molar-refractivity contribution in [2.24, 2.45) is 0 Å². The smallest absolute Gasteiger partial charge is 0.261 e. The molecule has 7 heteroatoms. The zero-order valence-corrected chi connectivity index (χ0v) is 16.9. The fourth-order valence-corrected chi connectivity index (χ4v) is 3.73. The van der Waals surface area contributed by atoms with E-state index in [1.807, 2.05) is 30.3 Å². The number of halogens is 1. The van der Waals surface area contributed by atoms with Crippen LogP contribution in [0.3, 0.4) is 0 Å². The van der Waals surface area contributed by atoms with Crippen molar-refractivity contribution in [3.63, 3.8) is 0 Å². The van der Waals surface area contributed by atoms with E-state index in [9.17, 15) is 18.8 Å². The third-order valence-electron chi connectivity index (χ3n) is 5.40. The number of hydrogen-bond donors (Lipinski definition) is 1. The molecule has 0 bridgehead atoms. The van der Waals surface area contributed by atoms with E-state index in [0.29, 0.717) is 25.2 Å². The molecular formula is C24H22FN3O3. The van der Waals surface area contributed by atoms with Gasteiger partial charge in [0.15, 0.2) is 0 Å². The summed E-state index contributed by atoms with van der Waals surface area (Å²) in [6.07, 6.45) is 0.548. The van der Waals surface area contributed by atoms with Gasteiger partial charge in [-0.25, -0.2) is 4.39 Å². The van der Waals surface area contributed by atoms with Crippen LogP contribution in [0.2, 0.25) is 0 Å². The number of nitrogens with zero attached hydrogens (tertiary/aromatic N) is 2. The number of pyridine rings is 1. The molecule has 1 N–H and O–H groups in total. The molecule has 3 aromatic rings. The van der Waals surface area contributed by atoms with E-state index >= 15 is 0 Å². The van der Waals surface area contributed by atoms with E-state index in [0.717, 1.165) is 5.56 Å². The number of H-pyrrole nitrogens is 1. The molecule has 1 aliphatic heterocycles. The minimum Gasteiger partial charge on any atom is -0.337 e. The molecule has 2 aromatic carbocycles. The molecule has 158 valence electrons. The number of rotatable bonds is 3. The highest BCUT2D eigenvalue weighted by Crippen LogP contribution is 2.16. The Morgan fingerprint density at radius 2 is 1.35 bits per heavy atom. The largest absolute Gasteiger partial charge is 0.337 e. The summed E-state index contributed by atoms with van der Waals surface area (Å²) in [5.74, 6) is -1.33. The van der Waals surface area contributed by atoms with Gasteiger partial charge in [0, 0.05) is 31.9 Å². The highest BCUT2D eigenvalue weighted by atomic mass is 19.1. The predicted octanol–water partition coefficient (Wildman–Crippen LogP) is 3.17. The molecule has 4 rings (SSSR count). The molecule has 1 aromatic heterocycles. The van der Waals surface area contributed by atoms with Crippen molar-refractivity contribution in [2.75, 3.05) is 26.2 Å². The third-order valence-corrected chi connectivity index (χ3v) is 5.40. The molecule has 1 aliphatic rings. The second-order valence-electron chi connectivity index (χ2n) is 7.40. The minimum atomic E-state index is -0.560. The molecule has 31 heavy (non-hydrogen) atoms. The van der Waals surface area contributed by atoms with E-state index < -0.39 is 17.3 Å². The van der Waals surface area contributed by atoms with Gasteiger partial charge in [0.05, 0.1) is 5.56 Å². The minimum absolute atomic E-state index is 0.0234. The Morgan fingerprint density at radius 3 is 2.00 bits per heavy atom. The molecule has 1 fully saturated rings. The molecule has 0 radical (unpaired) electrons. The summed E-state index contributed by atoms with van der Waals surface area (Å²) >= 11 is 0. The first kappa shape index (κ1) is 20.5. The Labute approximate surface area is 178 Å². The van der Waals surface area contributed by atoms with Crippen LogP contribution in [0, 0.1) is 5.82 Å². The van der Waals surface area contributed by atoms with Crippen LogP contribution in [0.1, 0.15) is 27.1 Å². The fraction of sp³-hybridized carbons (Fsp3) is 0.208. The maximum Gasteiger partial charge on any atom is 0.261 e. The number of hydrogen-bond acceptors (Lipinski definition) is 3. The summed E-state index contributed by atoms with van der Waals surface area (Å²) in [7, 11) is 0. The lowest BCUT2D eigenvalue weighted by atomic mass is 10.1. The van der Waals surface area contributed by atoms with Crippen molar-refractivity contribution in [2.45, 2.75) is 6.42 Å². The van der Waals surface area contributed by atoms with Crippen molar-refractivity contribution >= 4 is 11.8 Å². The van der Waals surface area contributed by atoms with Gasteiger partial charge in [0.25, 0.3) is 17.4 Å². The monoisotopic (exact) mass is 419 g/mol. The molecule has 6 nitrogen and oxygen atoms in total. The Bertz CT molecular complexity index is 1160. The van der Waals surface area contributed by atoms with Gasteiger partial charge in [0.2, 0.25) is 0 Å². The van der Waals surface area contributed by atoms with E-state index in [4.69, 9.17) is 0 Å². The highest BCUT2D eigenvalue weighted by Gasteiger charge is 2.26. The van der Waals surface area contributed by atoms with Crippen molar-refractivity contribution < 1.29 is 14.0 Å². The molecule has 0 atom stereocenters. The number of carbonyl (C=O) groups excluding carboxylic acids is 2. The lowest BCUT2D eigenvalue weighted by Crippen LogP contribution is -2.39. The van der Waals surface area contributed by atoms with Crippen LogP contribution in [0.4, 0.5) is 4.39 Å². The van der Waals surface area contributed by atoms with E-state index in [1.54, 1.807) is 21.9 Å². The Kier molecular flexibility index (Phi) is 5.93. The number of benzene rings is 2. The van der Waals surface area contributed by atoms with Gasteiger partial charge in [0.1, 0.15) is 11.4 Å². The van der Waals surface area contributed by atoms with E-state index in [2.05, 4.69) is 4.98 Å². The fourth-order valence-electron chi connectivity index (χ4n) is 3.73. The van der Waals surface area contributed by atoms with Crippen molar-refractivity contribution in [1.82, 2.24) is 14.8 Å². The van der Waals surface area contributed by atoms with Crippen LogP contribution >= 0.6 is 0 Å². The molecule has 0 spiro atoms. The van der Waals surface area contributed by atoms with Crippen LogP contribution in [0.15, 0.2) is 71.5 Å². The van der Waals surface area contributed by atoms with Crippen LogP contribution in [-0.4, -0.2) is 52.8 Å². The summed E-state index contributed by atoms with van der Waals surface area (Å²) in [4.78, 5) is 44.1. The zero-order valence-electron chi connectivity index (χ0n) is 16.9. The van der Waals surface area contributed by atoms with Gasteiger partial charge in [-0.3, -0.25) is 14.4 Å². The summed E-state index contributed by atoms with van der Waals surface area (Å²) in [5.41, 5.74) is 1.13. The first-order valence-corrected chi connectivity index (χ1v) is 10.2. The number of carbonyl (C=O) groups is 2. The number of amides is 2. The van der Waals surface area contributed by atoms with E-state index in [1.165, 1.54) is 24.3 Å². The van der Waals surface area contributed by atoms with Crippen LogP contribution in [-0.2, 0) is 0 Å². The second-order valence-corrected chi connectivity index (χ2v) is 7.40. The van der Waals surface area contributed by atoms with Crippen molar-refractivity contribution in [3.8, 4) is 11.3 Å². The van der Waals surface area contributed by atoms with Gasteiger partial charge in [-0.1, -0.05) is 42.5 Å². The number of aromatic nitrogens is 1. The Balaban J connectivity index is 1.47. The highest BCUT2D eigenvalue weighted by molar-refractivity contribution is 5.95. The lowest BCUT2D eigenvalue weighted by molar-refractivity contribution is 0.0715. The Morgan fingerprint density at radius 1 is 0.742 bits per heavy atom. The molecule has 0 unspecified atom stereocenters. The molecule has 2 amide bonds. The number of nitrogens with one attached hydrogen (secondary N) is 1. The maximum absolute atomic E-state index is 14.0. The van der Waals surface area contributed by atoms with Gasteiger partial charge >= 0.3 is 0 Å². The SMILES string of the molecule is O=C(c1ccccc1F)N1CCCN(C(=O)c2ccc(-c3ccccc3)[nH]c2=O)CC1. The van der Waals surface area contributed by atoms with Gasteiger partial charge < -0.3 is 14.8 Å². The topological polar surface area (TPSA) is 73.5 Å². The number of aromatic amines is 1. The lowest BCUT2D eigenvalue weighted by Gasteiger charge is -2.22. The molecule has 2 heterocycles. The zero-order chi connectivity index (χ0) is 21.8. The average molecular weight is 419 g/mol. The second kappa shape index (κ2) is 8.95. The molecular weight excluding hydrogens is 397 g/mol. The van der Waals surface area contributed by atoms with Crippen LogP contribution in [0.5, 0.6) is 0 Å². The maximum atomic E-state index is 14.0. The molecule has 0 aliphatic carbocycles. The summed E-state index contributed by atoms with van der Waals surface area (Å²) in [6.45, 7) is 1.39. The van der Waals surface area contributed by atoms with Crippen LogP contribution in [0.25, 0.3) is 11.3 Å².